The number of amides is 2. The second kappa shape index (κ2) is 9.13. The molecule has 0 unspecified atom stereocenters. The minimum absolute atomic E-state index is 0.107. The maximum Gasteiger partial charge on any atom is 0.412 e. The molecule has 0 bridgehead atoms. The van der Waals surface area contributed by atoms with Crippen LogP contribution >= 0.6 is 11.3 Å². The highest BCUT2D eigenvalue weighted by atomic mass is 32.1. The van der Waals surface area contributed by atoms with E-state index in [9.17, 15) is 14.0 Å². The average molecular weight is 444 g/mol. The first kappa shape index (κ1) is 22.2. The molecule has 9 heteroatoms. The molecular formula is C22H22FN3O4S. The molecule has 7 nitrogen and oxygen atoms in total. The first-order chi connectivity index (χ1) is 14.6. The van der Waals surface area contributed by atoms with E-state index in [2.05, 4.69) is 15.6 Å². The first-order valence-corrected chi connectivity index (χ1v) is 10.2. The smallest absolute Gasteiger partial charge is 0.412 e. The summed E-state index contributed by atoms with van der Waals surface area (Å²) in [5.74, 6) is -0.379. The third-order valence-electron chi connectivity index (χ3n) is 3.93. The molecule has 0 radical (unpaired) electrons. The van der Waals surface area contributed by atoms with Gasteiger partial charge in [0.25, 0.3) is 5.91 Å². The lowest BCUT2D eigenvalue weighted by Crippen LogP contribution is -2.27. The summed E-state index contributed by atoms with van der Waals surface area (Å²) < 4.78 is 24.3. The van der Waals surface area contributed by atoms with Gasteiger partial charge in [0.2, 0.25) is 0 Å². The monoisotopic (exact) mass is 443 g/mol. The second-order valence-corrected chi connectivity index (χ2v) is 8.40. The fraction of sp³-hybridized carbons (Fsp3) is 0.227. The van der Waals surface area contributed by atoms with Gasteiger partial charge in [0, 0.05) is 16.6 Å². The molecule has 0 aliphatic heterocycles. The van der Waals surface area contributed by atoms with Crippen LogP contribution in [-0.2, 0) is 4.74 Å². The molecule has 2 amide bonds. The van der Waals surface area contributed by atoms with Crippen LogP contribution in [0.5, 0.6) is 5.75 Å². The van der Waals surface area contributed by atoms with Crippen molar-refractivity contribution in [2.75, 3.05) is 17.7 Å². The van der Waals surface area contributed by atoms with Gasteiger partial charge in [0.15, 0.2) is 0 Å². The molecule has 1 aromatic heterocycles. The van der Waals surface area contributed by atoms with E-state index in [1.807, 2.05) is 24.3 Å². The van der Waals surface area contributed by atoms with Gasteiger partial charge in [-0.05, 0) is 63.2 Å². The maximum absolute atomic E-state index is 14.1. The highest BCUT2D eigenvalue weighted by Crippen LogP contribution is 2.26. The summed E-state index contributed by atoms with van der Waals surface area (Å²) in [6.07, 6.45) is -0.793. The van der Waals surface area contributed by atoms with Crippen LogP contribution in [0.15, 0.2) is 47.8 Å². The van der Waals surface area contributed by atoms with Gasteiger partial charge in [-0.2, -0.15) is 0 Å². The zero-order valence-corrected chi connectivity index (χ0v) is 18.3. The average Bonchev–Trinajstić information content (AvgIpc) is 3.19. The van der Waals surface area contributed by atoms with Crippen LogP contribution in [0.4, 0.5) is 20.6 Å². The van der Waals surface area contributed by atoms with E-state index in [-0.39, 0.29) is 11.4 Å². The number of benzene rings is 2. The molecule has 0 fully saturated rings. The number of aromatic nitrogens is 1. The summed E-state index contributed by atoms with van der Waals surface area (Å²) in [6, 6.07) is 11.2. The van der Waals surface area contributed by atoms with Crippen molar-refractivity contribution in [2.45, 2.75) is 26.4 Å². The molecule has 3 aromatic rings. The van der Waals surface area contributed by atoms with Crippen LogP contribution in [0, 0.1) is 5.82 Å². The summed E-state index contributed by atoms with van der Waals surface area (Å²) in [7, 11) is 1.59. The Labute approximate surface area is 183 Å². The highest BCUT2D eigenvalue weighted by Gasteiger charge is 2.18. The molecule has 0 aliphatic rings. The van der Waals surface area contributed by atoms with Gasteiger partial charge in [0.05, 0.1) is 12.8 Å². The predicted molar refractivity (Wildman–Crippen MR) is 118 cm³/mol. The Kier molecular flexibility index (Phi) is 6.55. The molecule has 0 atom stereocenters. The van der Waals surface area contributed by atoms with Crippen molar-refractivity contribution in [3.63, 3.8) is 0 Å². The summed E-state index contributed by atoms with van der Waals surface area (Å²) in [5.41, 5.74) is 0.552. The fourth-order valence-electron chi connectivity index (χ4n) is 2.55. The number of nitrogens with one attached hydrogen (secondary N) is 2. The quantitative estimate of drug-likeness (QED) is 0.539. The zero-order valence-electron chi connectivity index (χ0n) is 17.5. The second-order valence-electron chi connectivity index (χ2n) is 7.54. The van der Waals surface area contributed by atoms with E-state index >= 15 is 0 Å². The molecule has 0 spiro atoms. The zero-order chi connectivity index (χ0) is 22.6. The number of halogens is 1. The van der Waals surface area contributed by atoms with Crippen LogP contribution in [0.3, 0.4) is 0 Å². The van der Waals surface area contributed by atoms with Crippen LogP contribution in [0.25, 0.3) is 10.6 Å². The number of methoxy groups -OCH3 is 1. The molecule has 0 saturated heterocycles. The van der Waals surface area contributed by atoms with Gasteiger partial charge < -0.3 is 14.8 Å². The van der Waals surface area contributed by atoms with Crippen molar-refractivity contribution in [1.29, 1.82) is 0 Å². The number of ether oxygens (including phenoxy) is 2. The number of carbonyl (C=O) groups is 2. The Hall–Kier alpha value is -3.46. The minimum Gasteiger partial charge on any atom is -0.497 e. The number of hydrogen-bond donors (Lipinski definition) is 2. The van der Waals surface area contributed by atoms with E-state index in [0.29, 0.717) is 10.7 Å². The molecule has 2 N–H and O–H groups in total. The normalized spacial score (nSPS) is 11.0. The topological polar surface area (TPSA) is 89.5 Å². The third-order valence-corrected chi connectivity index (χ3v) is 4.82. The number of anilines is 2. The van der Waals surface area contributed by atoms with Gasteiger partial charge in [-0.15, -0.1) is 11.3 Å². The van der Waals surface area contributed by atoms with Crippen molar-refractivity contribution >= 4 is 34.7 Å². The Morgan fingerprint density at radius 1 is 1.06 bits per heavy atom. The Bertz CT molecular complexity index is 1090. The van der Waals surface area contributed by atoms with Gasteiger partial charge in [-0.1, -0.05) is 0 Å². The van der Waals surface area contributed by atoms with Gasteiger partial charge >= 0.3 is 6.09 Å². The molecule has 1 heterocycles. The standard InChI is InChI=1S/C22H22FN3O4S/c1-22(2,3)30-21(28)26-17-11-14(7-10-16(17)23)24-19(27)18-12-31-20(25-18)13-5-8-15(29-4)9-6-13/h5-12H,1-4H3,(H,24,27)(H,26,28). The van der Waals surface area contributed by atoms with Crippen molar-refractivity contribution in [2.24, 2.45) is 0 Å². The van der Waals surface area contributed by atoms with E-state index in [1.54, 1.807) is 33.3 Å². The lowest BCUT2D eigenvalue weighted by molar-refractivity contribution is 0.0635. The maximum atomic E-state index is 14.1. The van der Waals surface area contributed by atoms with Gasteiger partial charge in [-0.3, -0.25) is 10.1 Å². The van der Waals surface area contributed by atoms with Crippen molar-refractivity contribution in [1.82, 2.24) is 4.98 Å². The lowest BCUT2D eigenvalue weighted by atomic mass is 10.2. The molecule has 0 aliphatic carbocycles. The fourth-order valence-corrected chi connectivity index (χ4v) is 3.36. The SMILES string of the molecule is COc1ccc(-c2nc(C(=O)Nc3ccc(F)c(NC(=O)OC(C)(C)C)c3)cs2)cc1. The highest BCUT2D eigenvalue weighted by molar-refractivity contribution is 7.13. The lowest BCUT2D eigenvalue weighted by Gasteiger charge is -2.20. The molecule has 2 aromatic carbocycles. The van der Waals surface area contributed by atoms with Crippen LogP contribution < -0.4 is 15.4 Å². The predicted octanol–water partition coefficient (Wildman–Crippen LogP) is 5.56. The van der Waals surface area contributed by atoms with E-state index in [0.717, 1.165) is 17.4 Å². The van der Waals surface area contributed by atoms with E-state index in [4.69, 9.17) is 9.47 Å². The van der Waals surface area contributed by atoms with Gasteiger partial charge in [0.1, 0.15) is 27.9 Å². The largest absolute Gasteiger partial charge is 0.497 e. The number of hydrogen-bond acceptors (Lipinski definition) is 6. The van der Waals surface area contributed by atoms with Crippen LogP contribution in [0.1, 0.15) is 31.3 Å². The summed E-state index contributed by atoms with van der Waals surface area (Å²) in [4.78, 5) is 28.8. The Balaban J connectivity index is 1.70. The van der Waals surface area contributed by atoms with Crippen LogP contribution in [0.2, 0.25) is 0 Å². The number of carbonyl (C=O) groups excluding carboxylic acids is 2. The van der Waals surface area contributed by atoms with E-state index < -0.39 is 23.4 Å². The summed E-state index contributed by atoms with van der Waals surface area (Å²) in [6.45, 7) is 5.11. The Morgan fingerprint density at radius 3 is 2.42 bits per heavy atom. The van der Waals surface area contributed by atoms with Crippen LogP contribution in [-0.4, -0.2) is 29.7 Å². The Morgan fingerprint density at radius 2 is 1.77 bits per heavy atom. The molecule has 0 saturated carbocycles. The number of nitrogens with zero attached hydrogens (tertiary/aromatic N) is 1. The van der Waals surface area contributed by atoms with Gasteiger partial charge in [-0.25, -0.2) is 14.2 Å². The first-order valence-electron chi connectivity index (χ1n) is 9.35. The molecule has 31 heavy (non-hydrogen) atoms. The summed E-state index contributed by atoms with van der Waals surface area (Å²) in [5, 5.41) is 7.32. The third kappa shape index (κ3) is 6.02. The van der Waals surface area contributed by atoms with Crippen molar-refractivity contribution in [3.05, 3.63) is 59.4 Å². The molecule has 3 rings (SSSR count). The van der Waals surface area contributed by atoms with Crippen molar-refractivity contribution < 1.29 is 23.5 Å². The number of thiazole rings is 1. The van der Waals surface area contributed by atoms with E-state index in [1.165, 1.54) is 23.5 Å². The number of rotatable bonds is 5. The molecular weight excluding hydrogens is 421 g/mol. The van der Waals surface area contributed by atoms with Crippen molar-refractivity contribution in [3.8, 4) is 16.3 Å². The minimum atomic E-state index is -0.793. The summed E-state index contributed by atoms with van der Waals surface area (Å²) >= 11 is 1.33. The molecule has 162 valence electrons.